The number of nitrogens with zero attached hydrogens (tertiary/aromatic N) is 2. The summed E-state index contributed by atoms with van der Waals surface area (Å²) in [5.41, 5.74) is 2.71. The van der Waals surface area contributed by atoms with Crippen molar-refractivity contribution >= 4 is 10.9 Å². The predicted octanol–water partition coefficient (Wildman–Crippen LogP) is 3.51. The van der Waals surface area contributed by atoms with Crippen LogP contribution in [0.4, 0.5) is 4.39 Å². The van der Waals surface area contributed by atoms with E-state index < -0.39 is 0 Å². The van der Waals surface area contributed by atoms with Gasteiger partial charge in [-0.05, 0) is 50.2 Å². The highest BCUT2D eigenvalue weighted by molar-refractivity contribution is 5.95. The van der Waals surface area contributed by atoms with E-state index in [1.54, 1.807) is 12.1 Å². The van der Waals surface area contributed by atoms with E-state index in [4.69, 9.17) is 4.74 Å². The van der Waals surface area contributed by atoms with Crippen LogP contribution in [0.5, 0.6) is 5.88 Å². The molecule has 0 aliphatic carbocycles. The molecule has 0 unspecified atom stereocenters. The number of aromatic nitrogens is 2. The lowest BCUT2D eigenvalue weighted by atomic mass is 10.1. The van der Waals surface area contributed by atoms with Crippen LogP contribution in [0.25, 0.3) is 22.2 Å². The van der Waals surface area contributed by atoms with Crippen LogP contribution < -0.4 is 10.1 Å². The number of fused-ring (bicyclic) bond motifs is 1. The van der Waals surface area contributed by atoms with Crippen LogP contribution >= 0.6 is 0 Å². The fraction of sp³-hybridized carbons (Fsp3) is 0.316. The van der Waals surface area contributed by atoms with Gasteiger partial charge in [0.05, 0.1) is 5.69 Å². The average molecular weight is 325 g/mol. The third kappa shape index (κ3) is 2.87. The lowest BCUT2D eigenvalue weighted by molar-refractivity contribution is 0.156. The normalized spacial score (nSPS) is 15.8. The molecule has 0 spiro atoms. The summed E-state index contributed by atoms with van der Waals surface area (Å²) in [5, 5.41) is 4.19. The molecule has 24 heavy (non-hydrogen) atoms. The number of halogens is 1. The Morgan fingerprint density at radius 2 is 2.04 bits per heavy atom. The monoisotopic (exact) mass is 325 g/mol. The van der Waals surface area contributed by atoms with Gasteiger partial charge in [-0.2, -0.15) is 0 Å². The van der Waals surface area contributed by atoms with Gasteiger partial charge in [-0.3, -0.25) is 0 Å². The number of hydrogen-bond acceptors (Lipinski definition) is 3. The molecule has 124 valence electrons. The highest BCUT2D eigenvalue weighted by Gasteiger charge is 2.16. The maximum absolute atomic E-state index is 13.7. The smallest absolute Gasteiger partial charge is 0.214 e. The minimum Gasteiger partial charge on any atom is -0.474 e. The Bertz CT molecular complexity index is 868. The number of nitrogens with one attached hydrogen (secondary N) is 1. The van der Waals surface area contributed by atoms with Crippen molar-refractivity contribution in [1.29, 1.82) is 0 Å². The molecule has 2 aromatic heterocycles. The molecule has 3 heterocycles. The van der Waals surface area contributed by atoms with Crippen LogP contribution in [0, 0.1) is 5.82 Å². The Hall–Kier alpha value is -2.40. The predicted molar refractivity (Wildman–Crippen MR) is 92.6 cm³/mol. The van der Waals surface area contributed by atoms with Crippen molar-refractivity contribution in [2.75, 3.05) is 13.1 Å². The van der Waals surface area contributed by atoms with Gasteiger partial charge < -0.3 is 14.6 Å². The lowest BCUT2D eigenvalue weighted by Gasteiger charge is -2.23. The molecular weight excluding hydrogens is 305 g/mol. The van der Waals surface area contributed by atoms with Gasteiger partial charge in [0, 0.05) is 35.8 Å². The van der Waals surface area contributed by atoms with Gasteiger partial charge in [-0.1, -0.05) is 6.07 Å². The number of pyridine rings is 1. The zero-order valence-electron chi connectivity index (χ0n) is 13.6. The van der Waals surface area contributed by atoms with Gasteiger partial charge in [0.15, 0.2) is 0 Å². The molecule has 0 amide bonds. The molecule has 0 bridgehead atoms. The van der Waals surface area contributed by atoms with Crippen LogP contribution in [0.1, 0.15) is 12.8 Å². The number of rotatable bonds is 3. The van der Waals surface area contributed by atoms with Gasteiger partial charge in [-0.25, -0.2) is 9.37 Å². The number of piperidine rings is 1. The summed E-state index contributed by atoms with van der Waals surface area (Å²) in [7, 11) is 1.96. The molecule has 1 aliphatic heterocycles. The van der Waals surface area contributed by atoms with E-state index in [0.717, 1.165) is 48.1 Å². The van der Waals surface area contributed by atoms with E-state index in [1.165, 1.54) is 6.07 Å². The van der Waals surface area contributed by atoms with Gasteiger partial charge in [0.1, 0.15) is 11.9 Å². The summed E-state index contributed by atoms with van der Waals surface area (Å²) in [6.07, 6.45) is 4.18. The Kier molecular flexibility index (Phi) is 3.94. The molecule has 4 nitrogen and oxygen atoms in total. The summed E-state index contributed by atoms with van der Waals surface area (Å²) in [4.78, 5) is 4.65. The van der Waals surface area contributed by atoms with Crippen LogP contribution in [0.2, 0.25) is 0 Å². The Morgan fingerprint density at radius 3 is 2.88 bits per heavy atom. The minimum absolute atomic E-state index is 0.207. The van der Waals surface area contributed by atoms with E-state index in [1.807, 2.05) is 36.0 Å². The summed E-state index contributed by atoms with van der Waals surface area (Å²) < 4.78 is 21.7. The first-order valence-electron chi connectivity index (χ1n) is 8.30. The number of aryl methyl sites for hydroxylation is 1. The van der Waals surface area contributed by atoms with Crippen molar-refractivity contribution in [2.24, 2.45) is 7.05 Å². The fourth-order valence-corrected chi connectivity index (χ4v) is 3.28. The molecule has 0 atom stereocenters. The molecule has 0 radical (unpaired) electrons. The molecule has 1 aliphatic rings. The van der Waals surface area contributed by atoms with Crippen molar-refractivity contribution in [3.8, 4) is 17.1 Å². The Balaban J connectivity index is 1.69. The first-order valence-corrected chi connectivity index (χ1v) is 8.30. The van der Waals surface area contributed by atoms with Crippen molar-refractivity contribution in [3.05, 3.63) is 48.4 Å². The van der Waals surface area contributed by atoms with Gasteiger partial charge >= 0.3 is 0 Å². The molecule has 3 aromatic rings. The number of benzene rings is 1. The summed E-state index contributed by atoms with van der Waals surface area (Å²) in [5.74, 6) is 0.393. The van der Waals surface area contributed by atoms with Crippen LogP contribution in [0.15, 0.2) is 42.6 Å². The molecule has 4 rings (SSSR count). The molecule has 5 heteroatoms. The largest absolute Gasteiger partial charge is 0.474 e. The van der Waals surface area contributed by atoms with Crippen molar-refractivity contribution in [3.63, 3.8) is 0 Å². The van der Waals surface area contributed by atoms with Crippen LogP contribution in [-0.4, -0.2) is 28.7 Å². The molecular formula is C19H20FN3O. The zero-order chi connectivity index (χ0) is 16.5. The third-order valence-electron chi connectivity index (χ3n) is 4.52. The van der Waals surface area contributed by atoms with E-state index >= 15 is 0 Å². The van der Waals surface area contributed by atoms with Crippen molar-refractivity contribution in [2.45, 2.75) is 18.9 Å². The summed E-state index contributed by atoms with van der Waals surface area (Å²) in [6.45, 7) is 1.96. The summed E-state index contributed by atoms with van der Waals surface area (Å²) >= 11 is 0. The maximum atomic E-state index is 13.7. The Morgan fingerprint density at radius 1 is 1.21 bits per heavy atom. The standard InChI is InChI=1S/C19H20FN3O/c1-23-12-16(15-11-13(20)5-6-18(15)23)17-3-2-4-19(22-17)24-14-7-9-21-10-8-14/h2-6,11-12,14,21H,7-10H2,1H3. The maximum Gasteiger partial charge on any atom is 0.214 e. The first-order chi connectivity index (χ1) is 11.7. The van der Waals surface area contributed by atoms with Crippen LogP contribution in [-0.2, 0) is 7.05 Å². The number of ether oxygens (including phenoxy) is 1. The van der Waals surface area contributed by atoms with Gasteiger partial charge in [-0.15, -0.1) is 0 Å². The molecule has 1 fully saturated rings. The highest BCUT2D eigenvalue weighted by Crippen LogP contribution is 2.30. The quantitative estimate of drug-likeness (QED) is 0.801. The fourth-order valence-electron chi connectivity index (χ4n) is 3.28. The van der Waals surface area contributed by atoms with Crippen molar-refractivity contribution in [1.82, 2.24) is 14.9 Å². The second kappa shape index (κ2) is 6.24. The van der Waals surface area contributed by atoms with Gasteiger partial charge in [0.25, 0.3) is 0 Å². The zero-order valence-corrected chi connectivity index (χ0v) is 13.6. The highest BCUT2D eigenvalue weighted by atomic mass is 19.1. The average Bonchev–Trinajstić information content (AvgIpc) is 2.92. The van der Waals surface area contributed by atoms with Gasteiger partial charge in [0.2, 0.25) is 5.88 Å². The lowest BCUT2D eigenvalue weighted by Crippen LogP contribution is -2.34. The molecule has 1 N–H and O–H groups in total. The Labute approximate surface area is 140 Å². The third-order valence-corrected chi connectivity index (χ3v) is 4.52. The molecule has 1 aromatic carbocycles. The minimum atomic E-state index is -0.239. The second-order valence-corrected chi connectivity index (χ2v) is 6.24. The van der Waals surface area contributed by atoms with E-state index in [0.29, 0.717) is 5.88 Å². The van der Waals surface area contributed by atoms with Crippen LogP contribution in [0.3, 0.4) is 0 Å². The van der Waals surface area contributed by atoms with Crippen molar-refractivity contribution < 1.29 is 9.13 Å². The first kappa shape index (κ1) is 15.1. The SMILES string of the molecule is Cn1cc(-c2cccc(OC3CCNCC3)n2)c2cc(F)ccc21. The summed E-state index contributed by atoms with van der Waals surface area (Å²) in [6, 6.07) is 10.6. The van der Waals surface area contributed by atoms with E-state index in [9.17, 15) is 4.39 Å². The second-order valence-electron chi connectivity index (χ2n) is 6.24. The van der Waals surface area contributed by atoms with E-state index in [2.05, 4.69) is 10.3 Å². The topological polar surface area (TPSA) is 39.1 Å². The molecule has 1 saturated heterocycles. The van der Waals surface area contributed by atoms with E-state index in [-0.39, 0.29) is 11.9 Å². The molecule has 0 saturated carbocycles. The number of hydrogen-bond donors (Lipinski definition) is 1.